The van der Waals surface area contributed by atoms with Gasteiger partial charge in [-0.3, -0.25) is 86.9 Å². The van der Waals surface area contributed by atoms with Crippen molar-refractivity contribution in [3.63, 3.8) is 0 Å². The number of aromatic amines is 2. The Kier molecular flexibility index (Phi) is 40.0. The van der Waals surface area contributed by atoms with Gasteiger partial charge in [-0.25, -0.2) is 4.98 Å². The van der Waals surface area contributed by atoms with Crippen LogP contribution in [0, 0.1) is 17.2 Å². The number of benzene rings is 3. The van der Waals surface area contributed by atoms with Crippen LogP contribution in [0.3, 0.4) is 0 Å². The van der Waals surface area contributed by atoms with Gasteiger partial charge in [0.15, 0.2) is 5.96 Å². The van der Waals surface area contributed by atoms with E-state index in [-0.39, 0.29) is 108 Å². The summed E-state index contributed by atoms with van der Waals surface area (Å²) in [7, 11) is 3.95. The second kappa shape index (κ2) is 51.1. The Hall–Kier alpha value is -13.3. The van der Waals surface area contributed by atoms with Crippen molar-refractivity contribution in [1.29, 1.82) is 5.41 Å². The first kappa shape index (κ1) is 107. The van der Waals surface area contributed by atoms with Crippen molar-refractivity contribution in [3.8, 4) is 5.75 Å². The number of aliphatic hydroxyl groups is 1. The summed E-state index contributed by atoms with van der Waals surface area (Å²) in [4.78, 5) is 266. The second-order valence-corrected chi connectivity index (χ2v) is 37.5. The molecule has 6 aromatic rings. The fourth-order valence-electron chi connectivity index (χ4n) is 16.9. The molecule has 5 heterocycles. The number of para-hydroxylation sites is 1. The molecule has 744 valence electrons. The molecule has 3 aromatic heterocycles. The first-order chi connectivity index (χ1) is 65.3. The zero-order chi connectivity index (χ0) is 100. The topological polar surface area (TPSA) is 634 Å². The fourth-order valence-corrected chi connectivity index (χ4v) is 18.7. The number of aromatic nitrogens is 3. The summed E-state index contributed by atoms with van der Waals surface area (Å²) in [6.45, 7) is 8.71. The lowest BCUT2D eigenvalue weighted by atomic mass is 10.00. The number of guanidine groups is 1. The number of H-pyrrole nitrogens is 2. The Morgan fingerprint density at radius 3 is 1.85 bits per heavy atom. The van der Waals surface area contributed by atoms with Crippen LogP contribution >= 0.6 is 23.1 Å². The molecule has 1 saturated carbocycles. The van der Waals surface area contributed by atoms with E-state index in [2.05, 4.69) is 78.8 Å². The van der Waals surface area contributed by atoms with E-state index in [0.717, 1.165) is 31.6 Å². The van der Waals surface area contributed by atoms with Gasteiger partial charge in [0.25, 0.3) is 0 Å². The van der Waals surface area contributed by atoms with E-state index in [9.17, 15) is 48.6 Å². The van der Waals surface area contributed by atoms with Gasteiger partial charge in [0.2, 0.25) is 100 Å². The molecule has 0 radical (unpaired) electrons. The molecule has 137 heavy (non-hydrogen) atoms. The van der Waals surface area contributed by atoms with Crippen molar-refractivity contribution >= 4 is 150 Å². The van der Waals surface area contributed by atoms with Gasteiger partial charge in [0, 0.05) is 99.4 Å². The Bertz CT molecular complexity index is 5290. The number of nitrogens with one attached hydrogen (secondary N) is 15. The number of phenolic OH excluding ortho intramolecular Hbond substituents is 1. The number of nitrogens with two attached hydrogens (primary N) is 3. The average Bonchev–Trinajstić information content (AvgIpc) is 1.58. The van der Waals surface area contributed by atoms with Gasteiger partial charge in [0.05, 0.1) is 31.7 Å². The molecule has 3 aromatic carbocycles. The van der Waals surface area contributed by atoms with Crippen molar-refractivity contribution in [2.45, 2.75) is 248 Å². The number of hydrogen-bond donors (Lipinski definition) is 20. The summed E-state index contributed by atoms with van der Waals surface area (Å²) in [5, 5.41) is 64.7. The maximum Gasteiger partial charge on any atom is 0.246 e. The number of phenols is 1. The maximum absolute atomic E-state index is 15.8. The number of unbranched alkanes of at least 4 members (excludes halogenated alkanes) is 2. The molecule has 3 fully saturated rings. The number of amides is 17. The number of carbonyl (C=O) groups is 17. The molecule has 23 N–H and O–H groups in total. The second-order valence-electron chi connectivity index (χ2n) is 35.6. The zero-order valence-corrected chi connectivity index (χ0v) is 80.3. The Labute approximate surface area is 802 Å². The van der Waals surface area contributed by atoms with Gasteiger partial charge in [-0.1, -0.05) is 115 Å². The molecule has 17 amide bonds. The molecule has 42 nitrogen and oxygen atoms in total. The molecule has 0 bridgehead atoms. The zero-order valence-electron chi connectivity index (χ0n) is 78.7. The number of hydrogen-bond acceptors (Lipinski definition) is 23. The van der Waals surface area contributed by atoms with Crippen LogP contribution in [-0.4, -0.2) is 294 Å². The normalized spacial score (nSPS) is 25.0. The molecule has 1 aliphatic carbocycles. The van der Waals surface area contributed by atoms with Crippen LogP contribution in [0.2, 0.25) is 0 Å². The number of aliphatic hydroxyl groups excluding tert-OH is 1. The predicted molar refractivity (Wildman–Crippen MR) is 511 cm³/mol. The Morgan fingerprint density at radius 2 is 1.20 bits per heavy atom. The van der Waals surface area contributed by atoms with Crippen LogP contribution in [0.5, 0.6) is 5.75 Å². The largest absolute Gasteiger partial charge is 0.508 e. The number of rotatable bonds is 28. The van der Waals surface area contributed by atoms with E-state index < -0.39 is 227 Å². The highest BCUT2D eigenvalue weighted by Crippen LogP contribution is 2.46. The number of primary amides is 2. The van der Waals surface area contributed by atoms with E-state index in [1.54, 1.807) is 48.8 Å². The molecule has 1 unspecified atom stereocenters. The third kappa shape index (κ3) is 29.9. The number of thiophene rings is 1. The van der Waals surface area contributed by atoms with Crippen LogP contribution < -0.4 is 81.0 Å². The Balaban J connectivity index is 1.10. The van der Waals surface area contributed by atoms with Crippen LogP contribution in [0.1, 0.15) is 160 Å². The highest BCUT2D eigenvalue weighted by Gasteiger charge is 2.61. The van der Waals surface area contributed by atoms with Crippen molar-refractivity contribution in [1.82, 2.24) is 98.4 Å². The molecule has 44 heteroatoms. The lowest BCUT2D eigenvalue weighted by molar-refractivity contribution is -0.149. The van der Waals surface area contributed by atoms with Gasteiger partial charge in [-0.05, 0) is 128 Å². The number of fused-ring (bicyclic) bond motifs is 3. The summed E-state index contributed by atoms with van der Waals surface area (Å²) < 4.78 is 0.825. The van der Waals surface area contributed by atoms with E-state index in [0.29, 0.717) is 65.4 Å². The van der Waals surface area contributed by atoms with Crippen LogP contribution in [0.25, 0.3) is 21.0 Å². The Morgan fingerprint density at radius 1 is 0.591 bits per heavy atom. The van der Waals surface area contributed by atoms with E-state index in [1.165, 1.54) is 86.0 Å². The number of nitrogens with zero attached hydrogens (tertiary/aromatic N) is 5. The summed E-state index contributed by atoms with van der Waals surface area (Å²) in [5.74, 6) is -17.8. The molecular formula is C93H131N23O19S2. The summed E-state index contributed by atoms with van der Waals surface area (Å²) in [6, 6.07) is 0.137. The van der Waals surface area contributed by atoms with Crippen molar-refractivity contribution < 1.29 is 91.7 Å². The standard InChI is InChI=1S/C93H131N23O19S2/c1-10-13-25-71-85(129)104-62(24-19-35-99-92(96)97)80(124)110-70(79(123)101-45-76(95)120)48-136-49-77(121)103-67(37-53-30-32-58(118)33-31-53)87(131)113(7)52(6)78(122)106-66(41-75(94)119)84(128)112-93(42-56(93)12-3)91(135)111-65(40-57-44-98-50-102-57)82(126)105-63(34-29-51(4)5)89(133)116-36-20-27-72(116)86(130)107-64(38-54-43-100-61-23-17-15-21-59(54)61)81(125)109-69(46-117)83(127)108-68(39-55-47-137-74-28-18-16-22-60(55)74)88(132)115(9)73(26-14-11-2)90(134)114(71)8/h15-18,21-23,28,30-33,43-44,47,50-52,56,62-73,100,117-118H,10-14,19-20,24-27,29,34-42,45-46,48-49H2,1-9H3,(H2,94,119)(H2,95,120)(H,98,102)(H,101,123)(H,103,121)(H,104,129)(H,105,126)(H,106,122)(H,107,130)(H,108,127)(H,109,125)(H,110,124)(H,111,135)(H,112,128)(H4,96,97,99)/t52-,56-,62-,63-,64-,65-,66-,67-,68-,69-,70?,71-,72-,73-,93-/m0/s1. The van der Waals surface area contributed by atoms with E-state index in [4.69, 9.17) is 22.6 Å². The molecule has 9 rings (SSSR count). The maximum atomic E-state index is 15.8. The van der Waals surface area contributed by atoms with Gasteiger partial charge >= 0.3 is 0 Å². The van der Waals surface area contributed by atoms with Crippen LogP contribution in [0.15, 0.2) is 96.9 Å². The molecule has 1 spiro atoms. The monoisotopic (exact) mass is 1940 g/mol. The third-order valence-electron chi connectivity index (χ3n) is 25.0. The van der Waals surface area contributed by atoms with Gasteiger partial charge in [-0.15, -0.1) is 23.1 Å². The number of carbonyl (C=O) groups excluding carboxylic acids is 17. The lowest BCUT2D eigenvalue weighted by Crippen LogP contribution is -2.62. The van der Waals surface area contributed by atoms with Crippen LogP contribution in [0.4, 0.5) is 0 Å². The number of aromatic hydroxyl groups is 1. The van der Waals surface area contributed by atoms with Crippen molar-refractivity contribution in [2.75, 3.05) is 58.9 Å². The summed E-state index contributed by atoms with van der Waals surface area (Å²) >= 11 is 2.13. The smallest absolute Gasteiger partial charge is 0.246 e. The van der Waals surface area contributed by atoms with Crippen molar-refractivity contribution in [2.24, 2.45) is 29.0 Å². The number of imidazole rings is 1. The van der Waals surface area contributed by atoms with Crippen LogP contribution in [-0.2, 0) is 107 Å². The molecule has 3 aliphatic rings. The quantitative estimate of drug-likeness (QED) is 0.0167. The lowest BCUT2D eigenvalue weighted by Gasteiger charge is -2.36. The highest BCUT2D eigenvalue weighted by atomic mass is 32.2. The van der Waals surface area contributed by atoms with Gasteiger partial charge in [0.1, 0.15) is 89.8 Å². The minimum atomic E-state index is -1.84. The van der Waals surface area contributed by atoms with E-state index in [1.807, 2.05) is 45.9 Å². The SMILES string of the molecule is CCCC[C@H]1C(=O)N(C)[C@@H](CCCC)C(=O)N[C@@H](CCCNC(=N)N)C(=O)NC(C(=O)NCC(N)=O)CSCC(=O)N[C@@H](Cc2ccc(O)cc2)C(=O)N(C)[C@@H](C)C(=O)N[C@@H](CC(N)=O)C(=O)N[C@]2(C[C@@H]2CC)C(=O)N[C@@H](Cc2cnc[nH]2)C(=O)N[C@@H](CCC(C)C)C(=O)N2CCC[C@H]2C(=O)N[C@@H](Cc2c[nH]c3ccccc23)C(=O)N[C@@H](CO)C(=O)N[C@@H](Cc2csc3ccccc23)C(=O)N1C. The highest BCUT2D eigenvalue weighted by molar-refractivity contribution is 8.00. The molecular weight excluding hydrogens is 1810 g/mol. The number of likely N-dealkylation sites (N-methyl/N-ethyl adjacent to an activating group) is 3. The molecule has 2 aliphatic heterocycles. The minimum absolute atomic E-state index is 0.00439. The summed E-state index contributed by atoms with van der Waals surface area (Å²) in [5.41, 5.74) is 17.5. The number of thioether (sulfide) groups is 1. The van der Waals surface area contributed by atoms with Crippen molar-refractivity contribution in [3.05, 3.63) is 119 Å². The van der Waals surface area contributed by atoms with E-state index >= 15 is 43.2 Å². The molecule has 15 atom stereocenters. The molecule has 2 saturated heterocycles. The fraction of sp³-hybridized carbons (Fsp3) is 0.538. The van der Waals surface area contributed by atoms with Gasteiger partial charge < -0.3 is 121 Å². The summed E-state index contributed by atoms with van der Waals surface area (Å²) in [6.07, 6.45) is 5.02. The third-order valence-corrected chi connectivity index (χ3v) is 27.1. The average molecular weight is 1940 g/mol. The predicted octanol–water partition coefficient (Wildman–Crippen LogP) is -0.482. The minimum Gasteiger partial charge on any atom is -0.508 e. The first-order valence-corrected chi connectivity index (χ1v) is 48.4. The first-order valence-electron chi connectivity index (χ1n) is 46.3. The van der Waals surface area contributed by atoms with Gasteiger partial charge in [-0.2, -0.15) is 0 Å².